The third-order valence-corrected chi connectivity index (χ3v) is 4.10. The van der Waals surface area contributed by atoms with Crippen LogP contribution in [0.15, 0.2) is 28.8 Å². The predicted molar refractivity (Wildman–Crippen MR) is 77.3 cm³/mol. The molecule has 1 aromatic carbocycles. The van der Waals surface area contributed by atoms with E-state index in [1.807, 2.05) is 6.07 Å². The molecule has 0 amide bonds. The molecular formula is C16H20FN3O. The van der Waals surface area contributed by atoms with Gasteiger partial charge in [0.15, 0.2) is 5.82 Å². The second-order valence-corrected chi connectivity index (χ2v) is 5.65. The third kappa shape index (κ3) is 2.83. The molecule has 2 aromatic rings. The SMILES string of the molecule is CCCC1(c2nc(Cc3ccccc3F)no2)CCCN1. The molecule has 21 heavy (non-hydrogen) atoms. The maximum absolute atomic E-state index is 13.7. The van der Waals surface area contributed by atoms with Gasteiger partial charge in [0.2, 0.25) is 5.89 Å². The molecule has 0 spiro atoms. The van der Waals surface area contributed by atoms with Crippen LogP contribution in [0.3, 0.4) is 0 Å². The van der Waals surface area contributed by atoms with Crippen molar-refractivity contribution in [2.75, 3.05) is 6.54 Å². The first-order valence-electron chi connectivity index (χ1n) is 7.55. The van der Waals surface area contributed by atoms with Crippen molar-refractivity contribution in [3.05, 3.63) is 47.4 Å². The quantitative estimate of drug-likeness (QED) is 0.918. The molecule has 112 valence electrons. The smallest absolute Gasteiger partial charge is 0.246 e. The first-order chi connectivity index (χ1) is 10.2. The van der Waals surface area contributed by atoms with Crippen LogP contribution in [0.1, 0.15) is 49.9 Å². The molecule has 0 saturated carbocycles. The Labute approximate surface area is 123 Å². The third-order valence-electron chi connectivity index (χ3n) is 4.10. The van der Waals surface area contributed by atoms with Crippen molar-refractivity contribution in [3.63, 3.8) is 0 Å². The minimum atomic E-state index is -0.230. The summed E-state index contributed by atoms with van der Waals surface area (Å²) in [5, 5.41) is 7.54. The summed E-state index contributed by atoms with van der Waals surface area (Å²) in [5.41, 5.74) is 0.406. The van der Waals surface area contributed by atoms with Crippen LogP contribution in [0, 0.1) is 5.82 Å². The normalized spacial score (nSPS) is 21.8. The minimum absolute atomic E-state index is 0.185. The van der Waals surface area contributed by atoms with E-state index in [0.717, 1.165) is 32.2 Å². The van der Waals surface area contributed by atoms with Gasteiger partial charge in [-0.05, 0) is 37.4 Å². The zero-order valence-electron chi connectivity index (χ0n) is 12.2. The molecule has 0 radical (unpaired) electrons. The van der Waals surface area contributed by atoms with Crippen LogP contribution >= 0.6 is 0 Å². The molecule has 5 heteroatoms. The molecule has 4 nitrogen and oxygen atoms in total. The Morgan fingerprint density at radius 3 is 2.95 bits per heavy atom. The summed E-state index contributed by atoms with van der Waals surface area (Å²) in [6, 6.07) is 6.70. The Morgan fingerprint density at radius 2 is 2.24 bits per heavy atom. The van der Waals surface area contributed by atoms with E-state index in [1.54, 1.807) is 12.1 Å². The molecule has 3 rings (SSSR count). The van der Waals surface area contributed by atoms with Crippen LogP contribution in [0.5, 0.6) is 0 Å². The largest absolute Gasteiger partial charge is 0.337 e. The number of rotatable bonds is 5. The fourth-order valence-electron chi connectivity index (χ4n) is 3.07. The summed E-state index contributed by atoms with van der Waals surface area (Å²) in [6.07, 6.45) is 4.53. The van der Waals surface area contributed by atoms with Crippen molar-refractivity contribution in [3.8, 4) is 0 Å². The van der Waals surface area contributed by atoms with Crippen molar-refractivity contribution < 1.29 is 8.91 Å². The van der Waals surface area contributed by atoms with Gasteiger partial charge in [0.25, 0.3) is 0 Å². The van der Waals surface area contributed by atoms with Crippen molar-refractivity contribution >= 4 is 0 Å². The Bertz CT molecular complexity index is 605. The molecule has 1 aliphatic heterocycles. The van der Waals surface area contributed by atoms with Gasteiger partial charge in [0.05, 0.1) is 5.54 Å². The van der Waals surface area contributed by atoms with Crippen molar-refractivity contribution in [2.24, 2.45) is 0 Å². The fourth-order valence-corrected chi connectivity index (χ4v) is 3.07. The zero-order valence-corrected chi connectivity index (χ0v) is 12.2. The first kappa shape index (κ1) is 14.2. The molecule has 1 saturated heterocycles. The first-order valence-corrected chi connectivity index (χ1v) is 7.55. The molecule has 0 aliphatic carbocycles. The summed E-state index contributed by atoms with van der Waals surface area (Å²) in [6.45, 7) is 3.13. The van der Waals surface area contributed by atoms with E-state index in [2.05, 4.69) is 22.4 Å². The average Bonchev–Trinajstić information content (AvgIpc) is 3.12. The van der Waals surface area contributed by atoms with Gasteiger partial charge < -0.3 is 9.84 Å². The van der Waals surface area contributed by atoms with Gasteiger partial charge in [-0.2, -0.15) is 4.98 Å². The second-order valence-electron chi connectivity index (χ2n) is 5.65. The number of halogens is 1. The maximum Gasteiger partial charge on any atom is 0.246 e. The summed E-state index contributed by atoms with van der Waals surface area (Å²) in [5.74, 6) is 0.957. The molecule has 1 N–H and O–H groups in total. The van der Waals surface area contributed by atoms with Crippen molar-refractivity contribution in [1.82, 2.24) is 15.5 Å². The fraction of sp³-hybridized carbons (Fsp3) is 0.500. The number of aromatic nitrogens is 2. The Balaban J connectivity index is 1.81. The highest BCUT2D eigenvalue weighted by atomic mass is 19.1. The van der Waals surface area contributed by atoms with E-state index < -0.39 is 0 Å². The van der Waals surface area contributed by atoms with Crippen LogP contribution in [0.2, 0.25) is 0 Å². The molecule has 1 unspecified atom stereocenters. The van der Waals surface area contributed by atoms with E-state index in [0.29, 0.717) is 23.7 Å². The summed E-state index contributed by atoms with van der Waals surface area (Å²) in [7, 11) is 0. The summed E-state index contributed by atoms with van der Waals surface area (Å²) >= 11 is 0. The number of nitrogens with one attached hydrogen (secondary N) is 1. The number of benzene rings is 1. The molecule has 1 aliphatic rings. The lowest BCUT2D eigenvalue weighted by molar-refractivity contribution is 0.240. The average molecular weight is 289 g/mol. The van der Waals surface area contributed by atoms with Gasteiger partial charge in [-0.15, -0.1) is 0 Å². The molecular weight excluding hydrogens is 269 g/mol. The molecule has 1 atom stereocenters. The van der Waals surface area contributed by atoms with Crippen LogP contribution < -0.4 is 5.32 Å². The van der Waals surface area contributed by atoms with Gasteiger partial charge in [0, 0.05) is 6.42 Å². The zero-order chi connectivity index (χ0) is 14.7. The summed E-state index contributed by atoms with van der Waals surface area (Å²) in [4.78, 5) is 4.51. The monoisotopic (exact) mass is 289 g/mol. The molecule has 0 bridgehead atoms. The molecule has 1 aromatic heterocycles. The van der Waals surface area contributed by atoms with E-state index in [-0.39, 0.29) is 11.4 Å². The van der Waals surface area contributed by atoms with Gasteiger partial charge in [-0.3, -0.25) is 0 Å². The molecule has 1 fully saturated rings. The highest BCUT2D eigenvalue weighted by Gasteiger charge is 2.39. The van der Waals surface area contributed by atoms with Crippen molar-refractivity contribution in [1.29, 1.82) is 0 Å². The highest BCUT2D eigenvalue weighted by molar-refractivity contribution is 5.21. The van der Waals surface area contributed by atoms with E-state index in [1.165, 1.54) is 6.07 Å². The highest BCUT2D eigenvalue weighted by Crippen LogP contribution is 2.34. The standard InChI is InChI=1S/C16H20FN3O/c1-2-8-16(9-5-10-18-16)15-19-14(20-21-15)11-12-6-3-4-7-13(12)17/h3-4,6-7,18H,2,5,8-11H2,1H3. The second kappa shape index (κ2) is 5.93. The minimum Gasteiger partial charge on any atom is -0.337 e. The van der Waals surface area contributed by atoms with Crippen LogP contribution in [0.4, 0.5) is 4.39 Å². The van der Waals surface area contributed by atoms with E-state index in [4.69, 9.17) is 4.52 Å². The topological polar surface area (TPSA) is 51.0 Å². The van der Waals surface area contributed by atoms with Gasteiger partial charge in [-0.25, -0.2) is 4.39 Å². The van der Waals surface area contributed by atoms with Gasteiger partial charge in [0.1, 0.15) is 5.82 Å². The number of nitrogens with zero attached hydrogens (tertiary/aromatic N) is 2. The number of hydrogen-bond acceptors (Lipinski definition) is 4. The van der Waals surface area contributed by atoms with Gasteiger partial charge >= 0.3 is 0 Å². The Hall–Kier alpha value is -1.75. The van der Waals surface area contributed by atoms with E-state index >= 15 is 0 Å². The van der Waals surface area contributed by atoms with E-state index in [9.17, 15) is 4.39 Å². The maximum atomic E-state index is 13.7. The number of hydrogen-bond donors (Lipinski definition) is 1. The van der Waals surface area contributed by atoms with Crippen LogP contribution in [0.25, 0.3) is 0 Å². The Morgan fingerprint density at radius 1 is 1.38 bits per heavy atom. The lowest BCUT2D eigenvalue weighted by Gasteiger charge is -2.24. The summed E-state index contributed by atoms with van der Waals surface area (Å²) < 4.78 is 19.2. The van der Waals surface area contributed by atoms with Gasteiger partial charge in [-0.1, -0.05) is 36.7 Å². The Kier molecular flexibility index (Phi) is 4.01. The lowest BCUT2D eigenvalue weighted by Crippen LogP contribution is -2.37. The molecule has 2 heterocycles. The van der Waals surface area contributed by atoms with Crippen LogP contribution in [-0.2, 0) is 12.0 Å². The van der Waals surface area contributed by atoms with Crippen LogP contribution in [-0.4, -0.2) is 16.7 Å². The lowest BCUT2D eigenvalue weighted by atomic mass is 9.92. The predicted octanol–water partition coefficient (Wildman–Crippen LogP) is 3.18. The van der Waals surface area contributed by atoms with Crippen molar-refractivity contribution in [2.45, 2.75) is 44.6 Å².